The zero-order valence-corrected chi connectivity index (χ0v) is 16.8. The Kier molecular flexibility index (Phi) is 5.60. The third-order valence-electron chi connectivity index (χ3n) is 5.63. The maximum atomic E-state index is 10.4. The van der Waals surface area contributed by atoms with Gasteiger partial charge in [0.25, 0.3) is 0 Å². The number of hydrogen-bond acceptors (Lipinski definition) is 7. The molecule has 152 valence electrons. The number of likely N-dealkylation sites (tertiary alicyclic amines) is 1. The maximum Gasteiger partial charge on any atom is 0.175 e. The molecule has 2 aromatic heterocycles. The van der Waals surface area contributed by atoms with Crippen molar-refractivity contribution in [3.63, 3.8) is 0 Å². The number of aryl methyl sites for hydroxylation is 1. The molecule has 3 N–H and O–H groups in total. The van der Waals surface area contributed by atoms with Gasteiger partial charge in [0.2, 0.25) is 0 Å². The van der Waals surface area contributed by atoms with E-state index in [4.69, 9.17) is 0 Å². The highest BCUT2D eigenvalue weighted by Gasteiger charge is 2.24. The lowest BCUT2D eigenvalue weighted by Gasteiger charge is -2.36. The Morgan fingerprint density at radius 2 is 2.14 bits per heavy atom. The second kappa shape index (κ2) is 8.31. The molecule has 3 aromatic rings. The number of pyridine rings is 1. The molecule has 1 aliphatic heterocycles. The Balaban J connectivity index is 1.67. The van der Waals surface area contributed by atoms with Crippen molar-refractivity contribution < 1.29 is 10.2 Å². The number of anilines is 1. The first-order chi connectivity index (χ1) is 14.1. The molecule has 3 heterocycles. The summed E-state index contributed by atoms with van der Waals surface area (Å²) >= 11 is 0. The summed E-state index contributed by atoms with van der Waals surface area (Å²) in [5.41, 5.74) is 2.99. The number of nitrogens with zero attached hydrogens (tertiary/aromatic N) is 4. The SMILES string of the molecule is Cc1ccc(-c2nnc(NC3CCCN(C(C)CO)C3)c3ncccc23)c(O)c1. The van der Waals surface area contributed by atoms with E-state index in [1.165, 1.54) is 0 Å². The summed E-state index contributed by atoms with van der Waals surface area (Å²) in [6.07, 6.45) is 3.84. The van der Waals surface area contributed by atoms with E-state index in [0.717, 1.165) is 42.4 Å². The highest BCUT2D eigenvalue weighted by Crippen LogP contribution is 2.34. The molecule has 1 aliphatic rings. The minimum absolute atomic E-state index is 0.146. The van der Waals surface area contributed by atoms with Crippen molar-refractivity contribution >= 4 is 16.7 Å². The van der Waals surface area contributed by atoms with Gasteiger partial charge in [-0.2, -0.15) is 0 Å². The molecule has 2 atom stereocenters. The average molecular weight is 393 g/mol. The molecular weight excluding hydrogens is 366 g/mol. The highest BCUT2D eigenvalue weighted by atomic mass is 16.3. The molecule has 0 radical (unpaired) electrons. The standard InChI is InChI=1S/C22H27N5O2/c1-14-7-8-17(19(29)11-14)20-18-6-3-9-23-21(18)22(26-25-20)24-16-5-4-10-27(12-16)15(2)13-28/h3,6-9,11,15-16,28-29H,4-5,10,12-13H2,1-2H3,(H,24,26). The monoisotopic (exact) mass is 393 g/mol. The number of rotatable bonds is 5. The van der Waals surface area contributed by atoms with Crippen molar-refractivity contribution in [3.8, 4) is 17.0 Å². The van der Waals surface area contributed by atoms with Crippen LogP contribution < -0.4 is 5.32 Å². The number of aliphatic hydroxyl groups is 1. The topological polar surface area (TPSA) is 94.4 Å². The number of fused-ring (bicyclic) bond motifs is 1. The first-order valence-electron chi connectivity index (χ1n) is 10.1. The van der Waals surface area contributed by atoms with Gasteiger partial charge >= 0.3 is 0 Å². The summed E-state index contributed by atoms with van der Waals surface area (Å²) in [7, 11) is 0. The molecule has 29 heavy (non-hydrogen) atoms. The van der Waals surface area contributed by atoms with Gasteiger partial charge in [-0.15, -0.1) is 10.2 Å². The molecule has 1 saturated heterocycles. The number of aliphatic hydroxyl groups excluding tert-OH is 1. The minimum atomic E-state index is 0.146. The quantitative estimate of drug-likeness (QED) is 0.613. The Morgan fingerprint density at radius 3 is 2.93 bits per heavy atom. The largest absolute Gasteiger partial charge is 0.507 e. The minimum Gasteiger partial charge on any atom is -0.507 e. The maximum absolute atomic E-state index is 10.4. The fraction of sp³-hybridized carbons (Fsp3) is 0.409. The molecule has 0 spiro atoms. The molecule has 0 saturated carbocycles. The van der Waals surface area contributed by atoms with E-state index in [1.54, 1.807) is 12.3 Å². The van der Waals surface area contributed by atoms with Crippen LogP contribution in [0.25, 0.3) is 22.2 Å². The van der Waals surface area contributed by atoms with Gasteiger partial charge in [0.1, 0.15) is 17.0 Å². The molecule has 1 fully saturated rings. The van der Waals surface area contributed by atoms with Gasteiger partial charge in [-0.3, -0.25) is 9.88 Å². The van der Waals surface area contributed by atoms with E-state index >= 15 is 0 Å². The van der Waals surface area contributed by atoms with Crippen molar-refractivity contribution in [1.82, 2.24) is 20.1 Å². The summed E-state index contributed by atoms with van der Waals surface area (Å²) in [6, 6.07) is 9.73. The second-order valence-electron chi connectivity index (χ2n) is 7.83. The van der Waals surface area contributed by atoms with Gasteiger partial charge in [-0.1, -0.05) is 6.07 Å². The molecule has 0 bridgehead atoms. The molecule has 0 aliphatic carbocycles. The number of nitrogens with one attached hydrogen (secondary N) is 1. The second-order valence-corrected chi connectivity index (χ2v) is 7.83. The fourth-order valence-electron chi connectivity index (χ4n) is 3.96. The van der Waals surface area contributed by atoms with E-state index < -0.39 is 0 Å². The molecular formula is C22H27N5O2. The van der Waals surface area contributed by atoms with Crippen LogP contribution >= 0.6 is 0 Å². The smallest absolute Gasteiger partial charge is 0.175 e. The Bertz CT molecular complexity index is 1010. The van der Waals surface area contributed by atoms with Crippen LogP contribution in [0.5, 0.6) is 5.75 Å². The number of aromatic hydroxyl groups is 1. The van der Waals surface area contributed by atoms with Crippen LogP contribution in [0, 0.1) is 6.92 Å². The lowest BCUT2D eigenvalue weighted by molar-refractivity contribution is 0.110. The van der Waals surface area contributed by atoms with Gasteiger partial charge in [-0.05, 0) is 63.1 Å². The molecule has 2 unspecified atom stereocenters. The van der Waals surface area contributed by atoms with E-state index in [0.29, 0.717) is 17.1 Å². The van der Waals surface area contributed by atoms with Crippen LogP contribution in [0.2, 0.25) is 0 Å². The van der Waals surface area contributed by atoms with Gasteiger partial charge in [-0.25, -0.2) is 0 Å². The zero-order chi connectivity index (χ0) is 20.4. The van der Waals surface area contributed by atoms with Gasteiger partial charge in [0.05, 0.1) is 6.61 Å². The van der Waals surface area contributed by atoms with Crippen LogP contribution in [0.15, 0.2) is 36.5 Å². The third-order valence-corrected chi connectivity index (χ3v) is 5.63. The van der Waals surface area contributed by atoms with E-state index in [9.17, 15) is 10.2 Å². The van der Waals surface area contributed by atoms with Crippen molar-refractivity contribution in [3.05, 3.63) is 42.1 Å². The van der Waals surface area contributed by atoms with E-state index in [-0.39, 0.29) is 24.4 Å². The summed E-state index contributed by atoms with van der Waals surface area (Å²) < 4.78 is 0. The summed E-state index contributed by atoms with van der Waals surface area (Å²) in [4.78, 5) is 6.84. The zero-order valence-electron chi connectivity index (χ0n) is 16.8. The number of phenolic OH excluding ortho intramolecular Hbond substituents is 1. The predicted octanol–water partition coefficient (Wildman–Crippen LogP) is 2.96. The van der Waals surface area contributed by atoms with Crippen LogP contribution in [0.3, 0.4) is 0 Å². The number of hydrogen-bond donors (Lipinski definition) is 3. The van der Waals surface area contributed by atoms with Crippen LogP contribution in [-0.4, -0.2) is 62.1 Å². The Labute approximate surface area is 170 Å². The summed E-state index contributed by atoms with van der Waals surface area (Å²) in [5.74, 6) is 0.838. The normalized spacial score (nSPS) is 18.7. The van der Waals surface area contributed by atoms with Crippen LogP contribution in [0.1, 0.15) is 25.3 Å². The van der Waals surface area contributed by atoms with Gasteiger partial charge < -0.3 is 15.5 Å². The molecule has 7 nitrogen and oxygen atoms in total. The summed E-state index contributed by atoms with van der Waals surface area (Å²) in [6.45, 7) is 5.98. The number of phenols is 1. The van der Waals surface area contributed by atoms with Crippen LogP contribution in [0.4, 0.5) is 5.82 Å². The first-order valence-corrected chi connectivity index (χ1v) is 10.1. The average Bonchev–Trinajstić information content (AvgIpc) is 2.74. The Hall–Kier alpha value is -2.77. The summed E-state index contributed by atoms with van der Waals surface area (Å²) in [5, 5.41) is 33.1. The Morgan fingerprint density at radius 1 is 1.28 bits per heavy atom. The highest BCUT2D eigenvalue weighted by molar-refractivity contribution is 5.98. The van der Waals surface area contributed by atoms with Crippen molar-refractivity contribution in [2.24, 2.45) is 0 Å². The lowest BCUT2D eigenvalue weighted by atomic mass is 10.0. The van der Waals surface area contributed by atoms with E-state index in [1.807, 2.05) is 38.1 Å². The number of piperidine rings is 1. The predicted molar refractivity (Wildman–Crippen MR) is 114 cm³/mol. The van der Waals surface area contributed by atoms with E-state index in [2.05, 4.69) is 25.4 Å². The van der Waals surface area contributed by atoms with Gasteiger partial charge in [0.15, 0.2) is 5.82 Å². The van der Waals surface area contributed by atoms with Gasteiger partial charge in [0, 0.05) is 35.8 Å². The van der Waals surface area contributed by atoms with Crippen molar-refractivity contribution in [1.29, 1.82) is 0 Å². The van der Waals surface area contributed by atoms with Crippen molar-refractivity contribution in [2.45, 2.75) is 38.8 Å². The molecule has 7 heteroatoms. The van der Waals surface area contributed by atoms with Crippen molar-refractivity contribution in [2.75, 3.05) is 25.0 Å². The number of aromatic nitrogens is 3. The fourth-order valence-corrected chi connectivity index (χ4v) is 3.96. The third kappa shape index (κ3) is 4.02. The lowest BCUT2D eigenvalue weighted by Crippen LogP contribution is -2.47. The van der Waals surface area contributed by atoms with Crippen LogP contribution in [-0.2, 0) is 0 Å². The molecule has 1 aromatic carbocycles. The number of benzene rings is 1. The molecule has 4 rings (SSSR count). The molecule has 0 amide bonds. The first kappa shape index (κ1) is 19.5.